The number of hydrogen-bond acceptors (Lipinski definition) is 4. The minimum atomic E-state index is -0.939. The van der Waals surface area contributed by atoms with Gasteiger partial charge >= 0.3 is 5.97 Å². The fourth-order valence-corrected chi connectivity index (χ4v) is 6.41. The number of fused-ring (bicyclic) bond motifs is 2. The van der Waals surface area contributed by atoms with E-state index in [2.05, 4.69) is 85.6 Å². The van der Waals surface area contributed by atoms with E-state index in [1.165, 1.54) is 38.9 Å². The van der Waals surface area contributed by atoms with Crippen LogP contribution < -0.4 is 4.74 Å². The van der Waals surface area contributed by atoms with E-state index >= 15 is 0 Å². The van der Waals surface area contributed by atoms with Gasteiger partial charge in [-0.1, -0.05) is 85.8 Å². The Bertz CT molecular complexity index is 1520. The third-order valence-corrected chi connectivity index (χ3v) is 8.83. The van der Waals surface area contributed by atoms with Gasteiger partial charge in [0.2, 0.25) is 0 Å². The molecular weight excluding hydrogens is 546 g/mol. The second kappa shape index (κ2) is 15.2. The number of hydrogen-bond donors (Lipinski definition) is 1. The standard InChI is InChI=1S/C39H45NO4/c1-4-28-14-18-32-20-23-34-31(19-15-29-10-7-6-8-11-29)12-9-13-35(34)38(36(32)26-28)40(3)24-25-44-33-21-16-30(17-22-33)27-37(39(41)42)43-5-2/h6-14,16-18,21-22,26,37-38H,4-5,15,19-20,23-25,27H2,1-3H3,(H,41,42). The van der Waals surface area contributed by atoms with Crippen LogP contribution in [0.15, 0.2) is 91.0 Å². The van der Waals surface area contributed by atoms with Crippen LogP contribution in [0.4, 0.5) is 0 Å². The SMILES string of the molecule is CCOC(Cc1ccc(OCCN(C)C2c3cc(CC)ccc3CCc3c(CCc4ccccc4)cccc32)cc1)C(=O)O. The van der Waals surface area contributed by atoms with Gasteiger partial charge in [0.05, 0.1) is 6.04 Å². The fraction of sp³-hybridized carbons (Fsp3) is 0.359. The summed E-state index contributed by atoms with van der Waals surface area (Å²) in [5.41, 5.74) is 10.9. The Morgan fingerprint density at radius 1 is 0.864 bits per heavy atom. The van der Waals surface area contributed by atoms with Crippen LogP contribution in [0.3, 0.4) is 0 Å². The molecule has 5 nitrogen and oxygen atoms in total. The Kier molecular flexibility index (Phi) is 10.9. The van der Waals surface area contributed by atoms with E-state index in [9.17, 15) is 9.90 Å². The van der Waals surface area contributed by atoms with Gasteiger partial charge in [0.15, 0.2) is 6.10 Å². The summed E-state index contributed by atoms with van der Waals surface area (Å²) in [6.45, 7) is 5.72. The minimum Gasteiger partial charge on any atom is -0.492 e. The predicted octanol–water partition coefficient (Wildman–Crippen LogP) is 7.27. The van der Waals surface area contributed by atoms with Crippen molar-refractivity contribution in [3.05, 3.63) is 136 Å². The Labute approximate surface area is 262 Å². The highest BCUT2D eigenvalue weighted by molar-refractivity contribution is 5.72. The first-order valence-electron chi connectivity index (χ1n) is 16.0. The Hall–Kier alpha value is -3.93. The molecule has 0 radical (unpaired) electrons. The molecule has 4 aromatic rings. The van der Waals surface area contributed by atoms with E-state index in [0.29, 0.717) is 19.6 Å². The lowest BCUT2D eigenvalue weighted by Crippen LogP contribution is -2.30. The number of ether oxygens (including phenoxy) is 2. The summed E-state index contributed by atoms with van der Waals surface area (Å²) < 4.78 is 11.6. The van der Waals surface area contributed by atoms with Crippen LogP contribution in [-0.2, 0) is 48.1 Å². The van der Waals surface area contributed by atoms with Crippen molar-refractivity contribution in [2.45, 2.75) is 64.5 Å². The third kappa shape index (κ3) is 7.77. The molecule has 1 aliphatic carbocycles. The van der Waals surface area contributed by atoms with Crippen molar-refractivity contribution in [2.75, 3.05) is 26.8 Å². The zero-order chi connectivity index (χ0) is 30.9. The molecule has 4 aromatic carbocycles. The molecule has 1 N–H and O–H groups in total. The van der Waals surface area contributed by atoms with Crippen LogP contribution in [0.2, 0.25) is 0 Å². The fourth-order valence-electron chi connectivity index (χ4n) is 6.41. The van der Waals surface area contributed by atoms with Crippen LogP contribution in [0.1, 0.15) is 64.4 Å². The zero-order valence-corrected chi connectivity index (χ0v) is 26.3. The summed E-state index contributed by atoms with van der Waals surface area (Å²) in [6, 6.07) is 32.6. The summed E-state index contributed by atoms with van der Waals surface area (Å²) in [5.74, 6) is -0.158. The van der Waals surface area contributed by atoms with Gasteiger partial charge in [-0.2, -0.15) is 0 Å². The third-order valence-electron chi connectivity index (χ3n) is 8.83. The molecule has 5 rings (SSSR count). The number of carbonyl (C=O) groups is 1. The highest BCUT2D eigenvalue weighted by Gasteiger charge is 2.28. The number of benzene rings is 4. The molecule has 0 fully saturated rings. The number of nitrogens with zero attached hydrogens (tertiary/aromatic N) is 1. The van der Waals surface area contributed by atoms with Crippen LogP contribution >= 0.6 is 0 Å². The number of carboxylic acids is 1. The van der Waals surface area contributed by atoms with Crippen molar-refractivity contribution in [1.29, 1.82) is 0 Å². The quantitative estimate of drug-likeness (QED) is 0.167. The maximum absolute atomic E-state index is 11.5. The van der Waals surface area contributed by atoms with Gasteiger partial charge < -0.3 is 14.6 Å². The van der Waals surface area contributed by atoms with Crippen molar-refractivity contribution < 1.29 is 19.4 Å². The number of aliphatic carboxylic acids is 1. The second-order valence-electron chi connectivity index (χ2n) is 11.7. The molecule has 0 heterocycles. The number of aryl methyl sites for hydroxylation is 4. The topological polar surface area (TPSA) is 59.0 Å². The maximum Gasteiger partial charge on any atom is 0.333 e. The minimum absolute atomic E-state index is 0.156. The number of likely N-dealkylation sites (N-methyl/N-ethyl adjacent to an activating group) is 1. The monoisotopic (exact) mass is 591 g/mol. The maximum atomic E-state index is 11.5. The van der Waals surface area contributed by atoms with E-state index in [-0.39, 0.29) is 6.04 Å². The van der Waals surface area contributed by atoms with Gasteiger partial charge in [0, 0.05) is 19.6 Å². The molecule has 230 valence electrons. The first-order chi connectivity index (χ1) is 21.5. The largest absolute Gasteiger partial charge is 0.492 e. The van der Waals surface area contributed by atoms with Gasteiger partial charge in [-0.05, 0) is 103 Å². The smallest absolute Gasteiger partial charge is 0.333 e. The van der Waals surface area contributed by atoms with Crippen molar-refractivity contribution in [3.8, 4) is 5.75 Å². The highest BCUT2D eigenvalue weighted by Crippen LogP contribution is 2.38. The molecule has 0 saturated heterocycles. The summed E-state index contributed by atoms with van der Waals surface area (Å²) in [6.07, 6.45) is 4.70. The van der Waals surface area contributed by atoms with Crippen molar-refractivity contribution in [2.24, 2.45) is 0 Å². The number of rotatable bonds is 14. The molecule has 0 aromatic heterocycles. The average Bonchev–Trinajstić information content (AvgIpc) is 3.21. The zero-order valence-electron chi connectivity index (χ0n) is 26.3. The Morgan fingerprint density at radius 3 is 2.36 bits per heavy atom. The normalized spacial score (nSPS) is 14.9. The van der Waals surface area contributed by atoms with Gasteiger partial charge in [-0.15, -0.1) is 0 Å². The van der Waals surface area contributed by atoms with Crippen molar-refractivity contribution >= 4 is 5.97 Å². The lowest BCUT2D eigenvalue weighted by atomic mass is 9.89. The van der Waals surface area contributed by atoms with Gasteiger partial charge in [-0.3, -0.25) is 4.90 Å². The first kappa shape index (κ1) is 31.5. The number of carboxylic acid groups (broad SMARTS) is 1. The first-order valence-corrected chi connectivity index (χ1v) is 16.0. The molecule has 44 heavy (non-hydrogen) atoms. The van der Waals surface area contributed by atoms with E-state index in [0.717, 1.165) is 50.0 Å². The Balaban J connectivity index is 1.32. The summed E-state index contributed by atoms with van der Waals surface area (Å²) in [5, 5.41) is 9.40. The van der Waals surface area contributed by atoms with E-state index < -0.39 is 12.1 Å². The van der Waals surface area contributed by atoms with Gasteiger partial charge in [0.1, 0.15) is 12.4 Å². The van der Waals surface area contributed by atoms with E-state index in [4.69, 9.17) is 9.47 Å². The molecule has 2 unspecified atom stereocenters. The molecule has 0 spiro atoms. The second-order valence-corrected chi connectivity index (χ2v) is 11.7. The average molecular weight is 592 g/mol. The van der Waals surface area contributed by atoms with Crippen molar-refractivity contribution in [3.63, 3.8) is 0 Å². The molecule has 0 saturated carbocycles. The molecule has 2 atom stereocenters. The van der Waals surface area contributed by atoms with Gasteiger partial charge in [0.25, 0.3) is 0 Å². The summed E-state index contributed by atoms with van der Waals surface area (Å²) >= 11 is 0. The van der Waals surface area contributed by atoms with E-state index in [1.807, 2.05) is 31.2 Å². The van der Waals surface area contributed by atoms with Crippen LogP contribution in [0.25, 0.3) is 0 Å². The van der Waals surface area contributed by atoms with Crippen LogP contribution in [-0.4, -0.2) is 48.9 Å². The highest BCUT2D eigenvalue weighted by atomic mass is 16.5. The molecule has 0 amide bonds. The lowest BCUT2D eigenvalue weighted by Gasteiger charge is -2.31. The summed E-state index contributed by atoms with van der Waals surface area (Å²) in [7, 11) is 2.21. The van der Waals surface area contributed by atoms with Crippen molar-refractivity contribution in [1.82, 2.24) is 4.90 Å². The molecular formula is C39H45NO4. The van der Waals surface area contributed by atoms with Crippen LogP contribution in [0, 0.1) is 0 Å². The molecule has 5 heteroatoms. The molecule has 0 aliphatic heterocycles. The molecule has 1 aliphatic rings. The Morgan fingerprint density at radius 2 is 1.64 bits per heavy atom. The van der Waals surface area contributed by atoms with E-state index in [1.54, 1.807) is 0 Å². The predicted molar refractivity (Wildman–Crippen MR) is 177 cm³/mol. The van der Waals surface area contributed by atoms with Gasteiger partial charge in [-0.25, -0.2) is 4.79 Å². The lowest BCUT2D eigenvalue weighted by molar-refractivity contribution is -0.149. The van der Waals surface area contributed by atoms with Crippen LogP contribution in [0.5, 0.6) is 5.75 Å². The molecule has 0 bridgehead atoms. The summed E-state index contributed by atoms with van der Waals surface area (Å²) in [4.78, 5) is 13.9.